The molecule has 0 fully saturated rings. The number of nitrogens with zero attached hydrogens (tertiary/aromatic N) is 6. The molecule has 0 aliphatic heterocycles. The van der Waals surface area contributed by atoms with Crippen molar-refractivity contribution in [2.75, 3.05) is 55.1 Å². The molecule has 1 aromatic heterocycles. The van der Waals surface area contributed by atoms with Crippen LogP contribution in [0.2, 0.25) is 0 Å². The number of rotatable bonds is 31. The molecule has 5 atom stereocenters. The Labute approximate surface area is 530 Å². The van der Waals surface area contributed by atoms with Crippen LogP contribution in [-0.4, -0.2) is 192 Å². The Kier molecular flexibility index (Phi) is 40.2. The van der Waals surface area contributed by atoms with Gasteiger partial charge in [-0.3, -0.25) is 25.0 Å². The van der Waals surface area contributed by atoms with Crippen molar-refractivity contribution in [3.05, 3.63) is 186 Å². The summed E-state index contributed by atoms with van der Waals surface area (Å²) in [5.41, 5.74) is 4.85. The molecule has 5 aromatic carbocycles. The second-order valence-electron chi connectivity index (χ2n) is 18.2. The summed E-state index contributed by atoms with van der Waals surface area (Å²) in [5, 5.41) is 64.0. The third-order valence-corrected chi connectivity index (χ3v) is 14.1. The van der Waals surface area contributed by atoms with Crippen LogP contribution >= 0.6 is 47.0 Å². The molecule has 0 saturated carbocycles. The van der Waals surface area contributed by atoms with Gasteiger partial charge in [-0.15, -0.1) is 0 Å². The van der Waals surface area contributed by atoms with Crippen LogP contribution in [0.25, 0.3) is 6.08 Å². The van der Waals surface area contributed by atoms with Gasteiger partial charge >= 0.3 is 29.8 Å². The molecule has 0 saturated heterocycles. The van der Waals surface area contributed by atoms with Gasteiger partial charge in [0.2, 0.25) is 0 Å². The Morgan fingerprint density at radius 3 is 1.30 bits per heavy atom. The van der Waals surface area contributed by atoms with Crippen molar-refractivity contribution >= 4 is 114 Å². The lowest BCUT2D eigenvalue weighted by atomic mass is 10.1. The summed E-state index contributed by atoms with van der Waals surface area (Å²) in [5.74, 6) is -0.975. The van der Waals surface area contributed by atoms with E-state index in [0.717, 1.165) is 45.4 Å². The van der Waals surface area contributed by atoms with Crippen molar-refractivity contribution < 1.29 is 64.5 Å². The number of aromatic hydroxyl groups is 2. The van der Waals surface area contributed by atoms with E-state index in [1.807, 2.05) is 122 Å². The van der Waals surface area contributed by atoms with E-state index >= 15 is 0 Å². The number of aromatic amines is 1. The largest absolute Gasteiger partial charge is 0.507 e. The molecule has 5 unspecified atom stereocenters. The van der Waals surface area contributed by atoms with E-state index in [1.54, 1.807) is 114 Å². The molecular weight excluding hydrogens is 1200 g/mol. The Bertz CT molecular complexity index is 3120. The number of phenols is 2. The summed E-state index contributed by atoms with van der Waals surface area (Å²) in [7, 11) is 1.45. The number of aliphatic carboxylic acids is 5. The van der Waals surface area contributed by atoms with Crippen molar-refractivity contribution in [1.82, 2.24) is 9.97 Å². The van der Waals surface area contributed by atoms with Crippen LogP contribution in [0.3, 0.4) is 0 Å². The van der Waals surface area contributed by atoms with Crippen LogP contribution < -0.4 is 4.74 Å². The number of methoxy groups -OCH3 is 1. The minimum absolute atomic E-state index is 0.0387. The number of aromatic nitrogens is 2. The molecule has 6 rings (SSSR count). The highest BCUT2D eigenvalue weighted by Gasteiger charge is 2.18. The van der Waals surface area contributed by atoms with Gasteiger partial charge in [0.25, 0.3) is 0 Å². The highest BCUT2D eigenvalue weighted by atomic mass is 32.2. The third kappa shape index (κ3) is 34.0. The van der Waals surface area contributed by atoms with Gasteiger partial charge in [0, 0.05) is 54.9 Å². The molecule has 0 aliphatic carbocycles. The second kappa shape index (κ2) is 46.7. The van der Waals surface area contributed by atoms with Gasteiger partial charge in [-0.1, -0.05) is 109 Å². The number of carboxylic acids is 5. The predicted molar refractivity (Wildman–Crippen MR) is 361 cm³/mol. The van der Waals surface area contributed by atoms with Crippen LogP contribution in [-0.2, 0) is 30.4 Å². The zero-order chi connectivity index (χ0) is 64.7. The summed E-state index contributed by atoms with van der Waals surface area (Å²) < 4.78 is 4.97. The summed E-state index contributed by atoms with van der Waals surface area (Å²) in [6, 6.07) is 36.6. The average molecular weight is 1280 g/mol. The fraction of sp³-hybridized carbons (Fsp3) is 0.297. The number of allylic oxidation sites excluding steroid dienone is 1. The van der Waals surface area contributed by atoms with Gasteiger partial charge in [-0.2, -0.15) is 47.0 Å². The lowest BCUT2D eigenvalue weighted by molar-refractivity contribution is -0.139. The first kappa shape index (κ1) is 75.6. The number of thioether (sulfide) groups is 4. The molecule has 6 aromatic rings. The van der Waals surface area contributed by atoms with Gasteiger partial charge in [0.05, 0.1) is 13.4 Å². The van der Waals surface area contributed by atoms with Gasteiger partial charge in [0.1, 0.15) is 29.9 Å². The molecule has 470 valence electrons. The van der Waals surface area contributed by atoms with Crippen molar-refractivity contribution in [2.45, 2.75) is 62.3 Å². The van der Waals surface area contributed by atoms with E-state index in [1.165, 1.54) is 31.9 Å². The Morgan fingerprint density at radius 2 is 0.886 bits per heavy atom. The number of ether oxygens (including phenoxy) is 1. The number of nitrogens with one attached hydrogen (secondary N) is 1. The van der Waals surface area contributed by atoms with Crippen molar-refractivity contribution in [1.29, 1.82) is 0 Å². The van der Waals surface area contributed by atoms with Crippen LogP contribution in [0.1, 0.15) is 59.2 Å². The maximum Gasteiger partial charge on any atom is 0.328 e. The van der Waals surface area contributed by atoms with Gasteiger partial charge in [-0.05, 0) is 132 Å². The quantitative estimate of drug-likeness (QED) is 0.0188. The number of H-pyrrole nitrogens is 1. The highest BCUT2D eigenvalue weighted by Crippen LogP contribution is 2.26. The van der Waals surface area contributed by atoms with Crippen molar-refractivity contribution in [3.8, 4) is 17.2 Å². The van der Waals surface area contributed by atoms with E-state index in [2.05, 4.69) is 34.9 Å². The van der Waals surface area contributed by atoms with Crippen molar-refractivity contribution in [3.63, 3.8) is 0 Å². The Balaban J connectivity index is 0.000000375. The number of hydrogen-bond acceptors (Lipinski definition) is 18. The summed E-state index contributed by atoms with van der Waals surface area (Å²) in [4.78, 5) is 81.9. The maximum atomic E-state index is 11.1. The number of phenolic OH excluding ortho intramolecular Hbond substituents is 2. The zero-order valence-corrected chi connectivity index (χ0v) is 52.8. The number of para-hydroxylation sites is 1. The van der Waals surface area contributed by atoms with Crippen molar-refractivity contribution in [2.24, 2.45) is 25.0 Å². The molecule has 88 heavy (non-hydrogen) atoms. The molecule has 20 nitrogen and oxygen atoms in total. The summed E-state index contributed by atoms with van der Waals surface area (Å²) >= 11 is 6.43. The molecule has 0 bridgehead atoms. The molecule has 0 aliphatic rings. The number of aliphatic imine (C=N–C) groups is 5. The topological polar surface area (TPSA) is 327 Å². The van der Waals surface area contributed by atoms with E-state index in [-0.39, 0.29) is 11.5 Å². The fourth-order valence-corrected chi connectivity index (χ4v) is 8.63. The number of benzene rings is 5. The summed E-state index contributed by atoms with van der Waals surface area (Å²) in [6.45, 7) is 0. The first-order valence-electron chi connectivity index (χ1n) is 27.2. The minimum Gasteiger partial charge on any atom is -0.507 e. The molecule has 8 N–H and O–H groups in total. The first-order valence-corrected chi connectivity index (χ1v) is 32.7. The number of imidazole rings is 1. The number of hydrogen-bond donors (Lipinski definition) is 8. The van der Waals surface area contributed by atoms with E-state index < -0.39 is 60.1 Å². The Morgan fingerprint density at radius 1 is 0.489 bits per heavy atom. The highest BCUT2D eigenvalue weighted by molar-refractivity contribution is 7.99. The number of carbonyl (C=O) groups is 5. The van der Waals surface area contributed by atoms with Crippen LogP contribution in [0.15, 0.2) is 177 Å². The van der Waals surface area contributed by atoms with Gasteiger partial charge in [0.15, 0.2) is 17.5 Å². The Hall–Kier alpha value is -8.45. The predicted octanol–water partition coefficient (Wildman–Crippen LogP) is 10.9. The van der Waals surface area contributed by atoms with Crippen LogP contribution in [0, 0.1) is 0 Å². The normalized spacial score (nSPS) is 12.8. The lowest BCUT2D eigenvalue weighted by Crippen LogP contribution is -2.21. The second-order valence-corrected chi connectivity index (χ2v) is 22.1. The van der Waals surface area contributed by atoms with E-state index in [4.69, 9.17) is 30.3 Å². The van der Waals surface area contributed by atoms with Gasteiger partial charge < -0.3 is 45.5 Å². The van der Waals surface area contributed by atoms with Crippen LogP contribution in [0.4, 0.5) is 0 Å². The summed E-state index contributed by atoms with van der Waals surface area (Å²) in [6.07, 6.45) is 24.6. The standard InChI is InChI=1S/C14H17NO2S.C13H13N3O2.C13H17NO4S.C12H15NO3S.C12H15NO2S/c1-18-11-9-13(14(16)17)15-10-5-8-12-6-3-2-4-7-12;17-13(18)12(6-11-8-14-9-16-11)15-7-10-4-2-1-3-5-10;1-18-12-7-9(3-4-11(12)15)8-14-10(13(16)17)5-6-19-2;1-17-7-6-10(12(15)16)13-8-9-4-2-3-5-11(9)14;1-16-8-7-11(12(14)15)13-9-10-5-3-2-4-6-10/h2-8,10,13H,9,11H2,1H3,(H,16,17);1-5,7-9,12H,6H2,(H,14,16)(H,17,18);3-4,7-8,10,15H,5-6H2,1-2H3,(H,16,17);2-5,8,10,14H,6-7H2,1H3,(H,15,16);2-6,9,11H,7-8H2,1H3,(H,14,15)/b8-5+,15-10?;;;;. The van der Waals surface area contributed by atoms with Gasteiger partial charge in [-0.25, -0.2) is 29.0 Å². The van der Waals surface area contributed by atoms with E-state index in [0.29, 0.717) is 49.0 Å². The smallest absolute Gasteiger partial charge is 0.328 e. The SMILES string of the molecule is COc1cc(C=NC(CCSC)C(=O)O)ccc1O.CSCCC(N=C/C=C/c1ccccc1)C(=O)O.CSCCC(N=Cc1ccccc1)C(=O)O.CSCCC(N=Cc1ccccc1O)C(=O)O.O=C(O)C(Cc1cnc[nH]1)N=Cc1ccccc1. The van der Waals surface area contributed by atoms with E-state index in [9.17, 15) is 34.2 Å². The number of carboxylic acid groups (broad SMARTS) is 5. The monoisotopic (exact) mass is 1280 g/mol. The first-order chi connectivity index (χ1) is 42.5. The molecule has 0 radical (unpaired) electrons. The average Bonchev–Trinajstić information content (AvgIpc) is 4.11. The molecule has 0 amide bonds. The molecule has 24 heteroatoms. The maximum absolute atomic E-state index is 11.1. The molecule has 0 spiro atoms. The third-order valence-electron chi connectivity index (χ3n) is 11.6. The van der Waals surface area contributed by atoms with Crippen LogP contribution in [0.5, 0.6) is 17.2 Å². The lowest BCUT2D eigenvalue weighted by Gasteiger charge is -2.06. The minimum atomic E-state index is -0.947. The molecular formula is C64H77N7O13S4. The zero-order valence-electron chi connectivity index (χ0n) is 49.5. The molecule has 1 heterocycles. The fourth-order valence-electron chi connectivity index (χ4n) is 6.79.